The van der Waals surface area contributed by atoms with Gasteiger partial charge < -0.3 is 18.9 Å². The van der Waals surface area contributed by atoms with Crippen molar-refractivity contribution < 1.29 is 28.5 Å². The molecule has 6 nitrogen and oxygen atoms in total. The van der Waals surface area contributed by atoms with Crippen molar-refractivity contribution in [1.29, 1.82) is 0 Å². The number of carbonyl (C=O) groups excluding carboxylic acids is 2. The minimum Gasteiger partial charge on any atom is -0.465 e. The Morgan fingerprint density at radius 2 is 1.55 bits per heavy atom. The molecule has 6 heteroatoms. The molecule has 0 fully saturated rings. The first-order valence-electron chi connectivity index (χ1n) is 6.47. The van der Waals surface area contributed by atoms with E-state index in [0.29, 0.717) is 28.4 Å². The molecule has 2 aromatic carbocycles. The summed E-state index contributed by atoms with van der Waals surface area (Å²) in [6, 6.07) is 10.9. The van der Waals surface area contributed by atoms with Crippen molar-refractivity contribution in [3.8, 4) is 17.2 Å². The zero-order valence-corrected chi connectivity index (χ0v) is 11.7. The molecular formula is C16H12O6. The summed E-state index contributed by atoms with van der Waals surface area (Å²) in [6.45, 7) is 0.154. The van der Waals surface area contributed by atoms with Crippen molar-refractivity contribution in [2.75, 3.05) is 13.9 Å². The molecule has 0 aliphatic carbocycles. The van der Waals surface area contributed by atoms with Gasteiger partial charge in [-0.3, -0.25) is 0 Å². The predicted octanol–water partition coefficient (Wildman–Crippen LogP) is 2.42. The maximum absolute atomic E-state index is 12.1. The predicted molar refractivity (Wildman–Crippen MR) is 75.3 cm³/mol. The van der Waals surface area contributed by atoms with Crippen molar-refractivity contribution in [1.82, 2.24) is 0 Å². The second kappa shape index (κ2) is 5.77. The van der Waals surface area contributed by atoms with Crippen LogP contribution in [0.25, 0.3) is 0 Å². The fraction of sp³-hybridized carbons (Fsp3) is 0.125. The molecule has 0 bridgehead atoms. The standard InChI is InChI=1S/C16H12O6/c1-19-15(17)10-2-4-11(5-3-10)16(18)22-12-6-7-13-14(8-12)21-9-20-13/h2-8H,9H2,1H3. The zero-order valence-electron chi connectivity index (χ0n) is 11.7. The van der Waals surface area contributed by atoms with Gasteiger partial charge in [0.15, 0.2) is 11.5 Å². The third kappa shape index (κ3) is 2.71. The number of fused-ring (bicyclic) bond motifs is 1. The van der Waals surface area contributed by atoms with Gasteiger partial charge in [-0.1, -0.05) is 0 Å². The van der Waals surface area contributed by atoms with E-state index in [-0.39, 0.29) is 6.79 Å². The average molecular weight is 300 g/mol. The van der Waals surface area contributed by atoms with E-state index < -0.39 is 11.9 Å². The van der Waals surface area contributed by atoms with Gasteiger partial charge in [0.2, 0.25) is 6.79 Å². The van der Waals surface area contributed by atoms with Crippen LogP contribution in [0.5, 0.6) is 17.2 Å². The lowest BCUT2D eigenvalue weighted by atomic mass is 10.1. The molecule has 0 saturated heterocycles. The van der Waals surface area contributed by atoms with Gasteiger partial charge in [-0.15, -0.1) is 0 Å². The molecule has 0 unspecified atom stereocenters. The number of rotatable bonds is 3. The van der Waals surface area contributed by atoms with E-state index in [4.69, 9.17) is 14.2 Å². The van der Waals surface area contributed by atoms with Gasteiger partial charge in [-0.2, -0.15) is 0 Å². The molecule has 1 aliphatic rings. The third-order valence-corrected chi connectivity index (χ3v) is 3.10. The minimum absolute atomic E-state index is 0.154. The number of hydrogen-bond donors (Lipinski definition) is 0. The zero-order chi connectivity index (χ0) is 15.5. The lowest BCUT2D eigenvalue weighted by Crippen LogP contribution is -2.09. The van der Waals surface area contributed by atoms with Crippen LogP contribution in [-0.2, 0) is 4.74 Å². The van der Waals surface area contributed by atoms with Gasteiger partial charge in [-0.25, -0.2) is 9.59 Å². The maximum atomic E-state index is 12.1. The summed E-state index contributed by atoms with van der Waals surface area (Å²) in [5.74, 6) is 0.505. The van der Waals surface area contributed by atoms with Crippen molar-refractivity contribution in [2.24, 2.45) is 0 Å². The Bertz CT molecular complexity index is 720. The van der Waals surface area contributed by atoms with Crippen LogP contribution in [0, 0.1) is 0 Å². The van der Waals surface area contributed by atoms with E-state index in [0.717, 1.165) is 0 Å². The first kappa shape index (κ1) is 13.9. The Kier molecular flexibility index (Phi) is 3.65. The summed E-state index contributed by atoms with van der Waals surface area (Å²) in [7, 11) is 1.30. The topological polar surface area (TPSA) is 71.1 Å². The molecule has 0 spiro atoms. The largest absolute Gasteiger partial charge is 0.465 e. The lowest BCUT2D eigenvalue weighted by molar-refractivity contribution is 0.0599. The molecule has 3 rings (SSSR count). The van der Waals surface area contributed by atoms with Crippen molar-refractivity contribution in [2.45, 2.75) is 0 Å². The first-order chi connectivity index (χ1) is 10.7. The van der Waals surface area contributed by atoms with Gasteiger partial charge in [0.05, 0.1) is 18.2 Å². The normalized spacial score (nSPS) is 11.9. The number of methoxy groups -OCH3 is 1. The molecular weight excluding hydrogens is 288 g/mol. The van der Waals surface area contributed by atoms with Crippen LogP contribution >= 0.6 is 0 Å². The van der Waals surface area contributed by atoms with Crippen molar-refractivity contribution in [3.63, 3.8) is 0 Å². The molecule has 0 saturated carbocycles. The highest BCUT2D eigenvalue weighted by Gasteiger charge is 2.16. The Hall–Kier alpha value is -3.02. The van der Waals surface area contributed by atoms with Crippen LogP contribution in [0.1, 0.15) is 20.7 Å². The van der Waals surface area contributed by atoms with Crippen LogP contribution in [0.3, 0.4) is 0 Å². The van der Waals surface area contributed by atoms with Gasteiger partial charge >= 0.3 is 11.9 Å². The highest BCUT2D eigenvalue weighted by molar-refractivity contribution is 5.94. The number of hydrogen-bond acceptors (Lipinski definition) is 6. The fourth-order valence-electron chi connectivity index (χ4n) is 1.97. The summed E-state index contributed by atoms with van der Waals surface area (Å²) in [6.07, 6.45) is 0. The Morgan fingerprint density at radius 1 is 0.909 bits per heavy atom. The van der Waals surface area contributed by atoms with Gasteiger partial charge in [-0.05, 0) is 36.4 Å². The Morgan fingerprint density at radius 3 is 2.23 bits per heavy atom. The molecule has 2 aromatic rings. The monoisotopic (exact) mass is 300 g/mol. The second-order valence-corrected chi connectivity index (χ2v) is 4.47. The van der Waals surface area contributed by atoms with Gasteiger partial charge in [0, 0.05) is 6.07 Å². The summed E-state index contributed by atoms with van der Waals surface area (Å²) in [5.41, 5.74) is 0.687. The summed E-state index contributed by atoms with van der Waals surface area (Å²) in [5, 5.41) is 0. The van der Waals surface area contributed by atoms with E-state index in [1.807, 2.05) is 0 Å². The minimum atomic E-state index is -0.532. The summed E-state index contributed by atoms with van der Waals surface area (Å²) >= 11 is 0. The number of ether oxygens (including phenoxy) is 4. The highest BCUT2D eigenvalue weighted by Crippen LogP contribution is 2.35. The van der Waals surface area contributed by atoms with Crippen LogP contribution in [-0.4, -0.2) is 25.8 Å². The average Bonchev–Trinajstić information content (AvgIpc) is 3.02. The molecule has 0 N–H and O–H groups in total. The van der Waals surface area contributed by atoms with Crippen LogP contribution in [0.4, 0.5) is 0 Å². The van der Waals surface area contributed by atoms with Crippen LogP contribution < -0.4 is 14.2 Å². The smallest absolute Gasteiger partial charge is 0.343 e. The molecule has 112 valence electrons. The van der Waals surface area contributed by atoms with Crippen LogP contribution in [0.2, 0.25) is 0 Å². The lowest BCUT2D eigenvalue weighted by Gasteiger charge is -2.06. The summed E-state index contributed by atoms with van der Waals surface area (Å²) < 4.78 is 20.3. The van der Waals surface area contributed by atoms with Crippen molar-refractivity contribution in [3.05, 3.63) is 53.6 Å². The van der Waals surface area contributed by atoms with Crippen LogP contribution in [0.15, 0.2) is 42.5 Å². The number of benzene rings is 2. The number of esters is 2. The summed E-state index contributed by atoms with van der Waals surface area (Å²) in [4.78, 5) is 23.4. The first-order valence-corrected chi connectivity index (χ1v) is 6.47. The van der Waals surface area contributed by atoms with E-state index in [2.05, 4.69) is 4.74 Å². The molecule has 0 aromatic heterocycles. The SMILES string of the molecule is COC(=O)c1ccc(C(=O)Oc2ccc3c(c2)OCO3)cc1. The highest BCUT2D eigenvalue weighted by atomic mass is 16.7. The third-order valence-electron chi connectivity index (χ3n) is 3.10. The Labute approximate surface area is 126 Å². The van der Waals surface area contributed by atoms with E-state index in [1.165, 1.54) is 31.4 Å². The molecule has 0 radical (unpaired) electrons. The molecule has 0 atom stereocenters. The quantitative estimate of drug-likeness (QED) is 0.640. The molecule has 0 amide bonds. The number of carbonyl (C=O) groups is 2. The van der Waals surface area contributed by atoms with Gasteiger partial charge in [0.1, 0.15) is 5.75 Å². The maximum Gasteiger partial charge on any atom is 0.343 e. The molecule has 1 heterocycles. The Balaban J connectivity index is 1.73. The van der Waals surface area contributed by atoms with Crippen molar-refractivity contribution >= 4 is 11.9 Å². The second-order valence-electron chi connectivity index (χ2n) is 4.47. The van der Waals surface area contributed by atoms with E-state index >= 15 is 0 Å². The molecule has 22 heavy (non-hydrogen) atoms. The van der Waals surface area contributed by atoms with E-state index in [1.54, 1.807) is 18.2 Å². The van der Waals surface area contributed by atoms with E-state index in [9.17, 15) is 9.59 Å². The molecule has 1 aliphatic heterocycles. The fourth-order valence-corrected chi connectivity index (χ4v) is 1.97. The van der Waals surface area contributed by atoms with Gasteiger partial charge in [0.25, 0.3) is 0 Å².